The van der Waals surface area contributed by atoms with E-state index in [4.69, 9.17) is 10.5 Å². The molecule has 0 atom stereocenters. The molecule has 0 heterocycles. The zero-order chi connectivity index (χ0) is 14.0. The first-order valence-corrected chi connectivity index (χ1v) is 5.77. The van der Waals surface area contributed by atoms with E-state index in [0.29, 0.717) is 28.1 Å². The van der Waals surface area contributed by atoms with Gasteiger partial charge in [0, 0.05) is 11.1 Å². The number of anilines is 1. The van der Waals surface area contributed by atoms with Crippen LogP contribution in [0.1, 0.15) is 21.5 Å². The summed E-state index contributed by atoms with van der Waals surface area (Å²) in [6.07, 6.45) is 0. The molecule has 0 bridgehead atoms. The maximum Gasteiger partial charge on any atom is 0.193 e. The molecule has 2 aromatic carbocycles. The first kappa shape index (κ1) is 13.1. The second-order valence-electron chi connectivity index (χ2n) is 4.25. The minimum atomic E-state index is -0.327. The highest BCUT2D eigenvalue weighted by Crippen LogP contribution is 2.24. The first-order chi connectivity index (χ1) is 9.02. The van der Waals surface area contributed by atoms with Gasteiger partial charge in [0.2, 0.25) is 0 Å². The van der Waals surface area contributed by atoms with Gasteiger partial charge in [-0.05, 0) is 48.9 Å². The minimum Gasteiger partial charge on any atom is -0.495 e. The number of carbonyl (C=O) groups is 1. The molecule has 0 radical (unpaired) electrons. The summed E-state index contributed by atoms with van der Waals surface area (Å²) in [6, 6.07) is 9.10. The highest BCUT2D eigenvalue weighted by atomic mass is 19.1. The number of methoxy groups -OCH3 is 1. The van der Waals surface area contributed by atoms with Crippen LogP contribution < -0.4 is 10.5 Å². The number of aryl methyl sites for hydroxylation is 1. The zero-order valence-corrected chi connectivity index (χ0v) is 10.7. The molecule has 0 fully saturated rings. The van der Waals surface area contributed by atoms with E-state index in [0.717, 1.165) is 0 Å². The molecule has 2 aromatic rings. The van der Waals surface area contributed by atoms with E-state index < -0.39 is 0 Å². The van der Waals surface area contributed by atoms with Crippen molar-refractivity contribution in [3.05, 3.63) is 58.9 Å². The van der Waals surface area contributed by atoms with Crippen LogP contribution in [0.4, 0.5) is 10.1 Å². The Morgan fingerprint density at radius 3 is 2.42 bits per heavy atom. The average molecular weight is 259 g/mol. The Labute approximate surface area is 110 Å². The van der Waals surface area contributed by atoms with Crippen LogP contribution in [0.3, 0.4) is 0 Å². The Hall–Kier alpha value is -2.36. The van der Waals surface area contributed by atoms with Crippen LogP contribution in [0.2, 0.25) is 0 Å². The van der Waals surface area contributed by atoms with Crippen molar-refractivity contribution in [3.63, 3.8) is 0 Å². The number of nitrogens with two attached hydrogens (primary N) is 1. The van der Waals surface area contributed by atoms with E-state index in [1.165, 1.54) is 25.3 Å². The smallest absolute Gasteiger partial charge is 0.193 e. The molecule has 2 N–H and O–H groups in total. The second kappa shape index (κ2) is 5.10. The summed E-state index contributed by atoms with van der Waals surface area (Å²) < 4.78 is 18.3. The molecule has 0 aliphatic heterocycles. The normalized spacial score (nSPS) is 10.3. The Morgan fingerprint density at radius 1 is 1.16 bits per heavy atom. The largest absolute Gasteiger partial charge is 0.495 e. The Morgan fingerprint density at radius 2 is 1.79 bits per heavy atom. The van der Waals surface area contributed by atoms with Crippen LogP contribution >= 0.6 is 0 Å². The summed E-state index contributed by atoms with van der Waals surface area (Å²) in [6.45, 7) is 1.62. The van der Waals surface area contributed by atoms with Crippen molar-refractivity contribution in [2.45, 2.75) is 6.92 Å². The standard InChI is InChI=1S/C15H14FNO2/c1-9-7-10(3-5-12(9)16)15(18)11-4-6-13(17)14(8-11)19-2/h3-8H,17H2,1-2H3. The van der Waals surface area contributed by atoms with Crippen LogP contribution in [0.15, 0.2) is 36.4 Å². The summed E-state index contributed by atoms with van der Waals surface area (Å²) in [7, 11) is 1.49. The van der Waals surface area contributed by atoms with E-state index in [9.17, 15) is 9.18 Å². The number of benzene rings is 2. The highest BCUT2D eigenvalue weighted by molar-refractivity contribution is 6.09. The van der Waals surface area contributed by atoms with Gasteiger partial charge in [0.05, 0.1) is 12.8 Å². The lowest BCUT2D eigenvalue weighted by molar-refractivity contribution is 0.103. The highest BCUT2D eigenvalue weighted by Gasteiger charge is 2.12. The van der Waals surface area contributed by atoms with Crippen molar-refractivity contribution < 1.29 is 13.9 Å². The van der Waals surface area contributed by atoms with Crippen molar-refractivity contribution in [1.82, 2.24) is 0 Å². The number of ketones is 1. The third-order valence-corrected chi connectivity index (χ3v) is 2.92. The van der Waals surface area contributed by atoms with Gasteiger partial charge >= 0.3 is 0 Å². The third kappa shape index (κ3) is 2.57. The predicted octanol–water partition coefficient (Wildman–Crippen LogP) is 2.96. The lowest BCUT2D eigenvalue weighted by Crippen LogP contribution is -2.03. The number of hydrogen-bond donors (Lipinski definition) is 1. The van der Waals surface area contributed by atoms with E-state index in [2.05, 4.69) is 0 Å². The SMILES string of the molecule is COc1cc(C(=O)c2ccc(F)c(C)c2)ccc1N. The molecule has 0 aromatic heterocycles. The predicted molar refractivity (Wildman–Crippen MR) is 72.0 cm³/mol. The lowest BCUT2D eigenvalue weighted by atomic mass is 10.0. The van der Waals surface area contributed by atoms with Gasteiger partial charge in [0.1, 0.15) is 11.6 Å². The zero-order valence-electron chi connectivity index (χ0n) is 10.7. The molecule has 0 saturated heterocycles. The minimum absolute atomic E-state index is 0.193. The third-order valence-electron chi connectivity index (χ3n) is 2.92. The molecule has 0 aliphatic rings. The molecule has 0 unspecified atom stereocenters. The summed E-state index contributed by atoms with van der Waals surface area (Å²) in [5, 5.41) is 0. The maximum absolute atomic E-state index is 13.2. The van der Waals surface area contributed by atoms with E-state index in [1.807, 2.05) is 0 Å². The van der Waals surface area contributed by atoms with Gasteiger partial charge in [-0.1, -0.05) is 0 Å². The fraction of sp³-hybridized carbons (Fsp3) is 0.133. The number of ether oxygens (including phenoxy) is 1. The summed E-state index contributed by atoms with van der Waals surface area (Å²) in [5.74, 6) is -0.0717. The number of halogens is 1. The molecule has 3 nitrogen and oxygen atoms in total. The molecule has 19 heavy (non-hydrogen) atoms. The summed E-state index contributed by atoms with van der Waals surface area (Å²) in [4.78, 5) is 12.3. The van der Waals surface area contributed by atoms with Gasteiger partial charge in [-0.25, -0.2) is 4.39 Å². The molecule has 0 spiro atoms. The monoisotopic (exact) mass is 259 g/mol. The van der Waals surface area contributed by atoms with E-state index in [-0.39, 0.29) is 11.6 Å². The molecule has 0 aliphatic carbocycles. The van der Waals surface area contributed by atoms with Crippen molar-refractivity contribution in [3.8, 4) is 5.75 Å². The van der Waals surface area contributed by atoms with E-state index >= 15 is 0 Å². The lowest BCUT2D eigenvalue weighted by Gasteiger charge is -2.07. The number of hydrogen-bond acceptors (Lipinski definition) is 3. The van der Waals surface area contributed by atoms with Gasteiger partial charge in [-0.2, -0.15) is 0 Å². The quantitative estimate of drug-likeness (QED) is 0.681. The van der Waals surface area contributed by atoms with Crippen LogP contribution in [-0.2, 0) is 0 Å². The Balaban J connectivity index is 2.41. The molecular weight excluding hydrogens is 245 g/mol. The fourth-order valence-electron chi connectivity index (χ4n) is 1.80. The van der Waals surface area contributed by atoms with Crippen molar-refractivity contribution in [2.24, 2.45) is 0 Å². The molecule has 2 rings (SSSR count). The Kier molecular flexibility index (Phi) is 3.51. The van der Waals surface area contributed by atoms with Crippen LogP contribution in [-0.4, -0.2) is 12.9 Å². The molecule has 98 valence electrons. The first-order valence-electron chi connectivity index (χ1n) is 5.77. The topological polar surface area (TPSA) is 52.3 Å². The fourth-order valence-corrected chi connectivity index (χ4v) is 1.80. The van der Waals surface area contributed by atoms with Gasteiger partial charge in [-0.3, -0.25) is 4.79 Å². The summed E-state index contributed by atoms with van der Waals surface area (Å²) in [5.41, 5.74) is 7.49. The van der Waals surface area contributed by atoms with Gasteiger partial charge in [-0.15, -0.1) is 0 Å². The number of carbonyl (C=O) groups excluding carboxylic acids is 1. The molecule has 0 amide bonds. The average Bonchev–Trinajstić information content (AvgIpc) is 2.41. The van der Waals surface area contributed by atoms with Gasteiger partial charge in [0.25, 0.3) is 0 Å². The van der Waals surface area contributed by atoms with Gasteiger partial charge < -0.3 is 10.5 Å². The van der Waals surface area contributed by atoms with Crippen LogP contribution in [0.25, 0.3) is 0 Å². The molecule has 4 heteroatoms. The molecular formula is C15H14FNO2. The summed E-state index contributed by atoms with van der Waals surface area (Å²) >= 11 is 0. The number of nitrogen functional groups attached to an aromatic ring is 1. The maximum atomic E-state index is 13.2. The van der Waals surface area contributed by atoms with Crippen LogP contribution in [0.5, 0.6) is 5.75 Å². The van der Waals surface area contributed by atoms with Gasteiger partial charge in [0.15, 0.2) is 5.78 Å². The molecule has 0 saturated carbocycles. The number of rotatable bonds is 3. The van der Waals surface area contributed by atoms with E-state index in [1.54, 1.807) is 25.1 Å². The van der Waals surface area contributed by atoms with Crippen molar-refractivity contribution in [2.75, 3.05) is 12.8 Å². The van der Waals surface area contributed by atoms with Crippen molar-refractivity contribution >= 4 is 11.5 Å². The second-order valence-corrected chi connectivity index (χ2v) is 4.25. The van der Waals surface area contributed by atoms with Crippen LogP contribution in [0, 0.1) is 12.7 Å². The van der Waals surface area contributed by atoms with Crippen molar-refractivity contribution in [1.29, 1.82) is 0 Å². The Bertz CT molecular complexity index is 638.